The Balaban J connectivity index is 2.58. The summed E-state index contributed by atoms with van der Waals surface area (Å²) >= 11 is 0. The largest absolute Gasteiger partial charge is 0.468 e. The van der Waals surface area contributed by atoms with Gasteiger partial charge in [0.2, 0.25) is 0 Å². The molecule has 2 unspecified atom stereocenters. The van der Waals surface area contributed by atoms with Crippen LogP contribution in [-0.4, -0.2) is 49.7 Å². The second-order valence-electron chi connectivity index (χ2n) is 3.99. The van der Waals surface area contributed by atoms with Gasteiger partial charge in [0.25, 0.3) is 5.91 Å². The summed E-state index contributed by atoms with van der Waals surface area (Å²) in [4.78, 5) is 24.6. The number of esters is 1. The molecule has 0 spiro atoms. The average molecular weight is 229 g/mol. The van der Waals surface area contributed by atoms with Gasteiger partial charge in [-0.2, -0.15) is 0 Å². The fourth-order valence-electron chi connectivity index (χ4n) is 1.76. The lowest BCUT2D eigenvalue weighted by Crippen LogP contribution is -2.43. The highest BCUT2D eigenvalue weighted by Crippen LogP contribution is 2.21. The summed E-state index contributed by atoms with van der Waals surface area (Å²) in [5, 5.41) is 0. The van der Waals surface area contributed by atoms with Crippen molar-refractivity contribution in [3.8, 4) is 0 Å². The molecule has 1 amide bonds. The topological polar surface area (TPSA) is 55.8 Å². The Bertz CT molecular complexity index is 267. The van der Waals surface area contributed by atoms with E-state index in [1.807, 2.05) is 13.8 Å². The van der Waals surface area contributed by atoms with Gasteiger partial charge in [0, 0.05) is 13.2 Å². The molecule has 1 aliphatic rings. The third-order valence-corrected chi connectivity index (χ3v) is 2.87. The lowest BCUT2D eigenvalue weighted by molar-refractivity contribution is -0.151. The van der Waals surface area contributed by atoms with Crippen molar-refractivity contribution in [2.75, 3.05) is 26.8 Å². The van der Waals surface area contributed by atoms with E-state index >= 15 is 0 Å². The van der Waals surface area contributed by atoms with Crippen molar-refractivity contribution in [3.63, 3.8) is 0 Å². The first-order valence-electron chi connectivity index (χ1n) is 5.57. The predicted octanol–water partition coefficient (Wildman–Crippen LogP) is 0.433. The van der Waals surface area contributed by atoms with Gasteiger partial charge in [-0.3, -0.25) is 9.59 Å². The zero-order chi connectivity index (χ0) is 12.1. The SMILES string of the molecule is CCN(CC(=O)OC)C(=O)C1OCCC1C. The molecule has 92 valence electrons. The standard InChI is InChI=1S/C11H19NO4/c1-4-12(7-9(13)15-3)11(14)10-8(2)5-6-16-10/h8,10H,4-7H2,1-3H3. The number of hydrogen-bond donors (Lipinski definition) is 0. The van der Waals surface area contributed by atoms with Crippen molar-refractivity contribution >= 4 is 11.9 Å². The van der Waals surface area contributed by atoms with Gasteiger partial charge in [-0.25, -0.2) is 0 Å². The van der Waals surface area contributed by atoms with Crippen LogP contribution in [-0.2, 0) is 19.1 Å². The van der Waals surface area contributed by atoms with Crippen LogP contribution in [0, 0.1) is 5.92 Å². The van der Waals surface area contributed by atoms with E-state index in [-0.39, 0.29) is 18.4 Å². The van der Waals surface area contributed by atoms with Crippen molar-refractivity contribution in [2.24, 2.45) is 5.92 Å². The minimum atomic E-state index is -0.402. The van der Waals surface area contributed by atoms with Crippen molar-refractivity contribution in [1.82, 2.24) is 4.90 Å². The minimum absolute atomic E-state index is 0.00157. The summed E-state index contributed by atoms with van der Waals surface area (Å²) in [6, 6.07) is 0. The van der Waals surface area contributed by atoms with E-state index in [9.17, 15) is 9.59 Å². The van der Waals surface area contributed by atoms with Crippen molar-refractivity contribution in [2.45, 2.75) is 26.4 Å². The average Bonchev–Trinajstić information content (AvgIpc) is 2.71. The summed E-state index contributed by atoms with van der Waals surface area (Å²) in [7, 11) is 1.31. The van der Waals surface area contributed by atoms with Crippen LogP contribution in [0.3, 0.4) is 0 Å². The maximum Gasteiger partial charge on any atom is 0.325 e. The van der Waals surface area contributed by atoms with E-state index in [0.29, 0.717) is 13.2 Å². The van der Waals surface area contributed by atoms with Gasteiger partial charge in [-0.15, -0.1) is 0 Å². The van der Waals surface area contributed by atoms with Gasteiger partial charge in [-0.05, 0) is 19.3 Å². The third kappa shape index (κ3) is 2.95. The first-order chi connectivity index (χ1) is 7.60. The summed E-state index contributed by atoms with van der Waals surface area (Å²) in [5.41, 5.74) is 0. The van der Waals surface area contributed by atoms with E-state index in [2.05, 4.69) is 4.74 Å². The second kappa shape index (κ2) is 5.84. The Morgan fingerprint density at radius 2 is 2.19 bits per heavy atom. The Kier molecular flexibility index (Phi) is 4.73. The summed E-state index contributed by atoms with van der Waals surface area (Å²) in [6.07, 6.45) is 0.497. The maximum absolute atomic E-state index is 12.0. The molecule has 1 fully saturated rings. The Morgan fingerprint density at radius 1 is 1.50 bits per heavy atom. The fourth-order valence-corrected chi connectivity index (χ4v) is 1.76. The number of hydrogen-bond acceptors (Lipinski definition) is 4. The van der Waals surface area contributed by atoms with E-state index in [1.54, 1.807) is 0 Å². The lowest BCUT2D eigenvalue weighted by atomic mass is 10.0. The number of methoxy groups -OCH3 is 1. The van der Waals surface area contributed by atoms with E-state index < -0.39 is 12.1 Å². The van der Waals surface area contributed by atoms with Crippen molar-refractivity contribution in [3.05, 3.63) is 0 Å². The van der Waals surface area contributed by atoms with Crippen LogP contribution < -0.4 is 0 Å². The van der Waals surface area contributed by atoms with Gasteiger partial charge >= 0.3 is 5.97 Å². The summed E-state index contributed by atoms with van der Waals surface area (Å²) in [5.74, 6) is -0.294. The van der Waals surface area contributed by atoms with Crippen LogP contribution in [0.15, 0.2) is 0 Å². The molecule has 0 aromatic carbocycles. The molecule has 5 nitrogen and oxygen atoms in total. The number of likely N-dealkylation sites (N-methyl/N-ethyl adjacent to an activating group) is 1. The van der Waals surface area contributed by atoms with Crippen LogP contribution >= 0.6 is 0 Å². The van der Waals surface area contributed by atoms with Crippen LogP contribution in [0.1, 0.15) is 20.3 Å². The number of ether oxygens (including phenoxy) is 2. The van der Waals surface area contributed by atoms with Crippen LogP contribution in [0.4, 0.5) is 0 Å². The molecule has 1 rings (SSSR count). The van der Waals surface area contributed by atoms with Crippen molar-refractivity contribution < 1.29 is 19.1 Å². The molecule has 0 radical (unpaired) electrons. The quantitative estimate of drug-likeness (QED) is 0.656. The second-order valence-corrected chi connectivity index (χ2v) is 3.99. The van der Waals surface area contributed by atoms with Gasteiger partial charge in [0.15, 0.2) is 0 Å². The predicted molar refractivity (Wildman–Crippen MR) is 57.8 cm³/mol. The molecule has 2 atom stereocenters. The highest BCUT2D eigenvalue weighted by molar-refractivity contribution is 5.85. The Hall–Kier alpha value is -1.10. The first-order valence-corrected chi connectivity index (χ1v) is 5.57. The zero-order valence-corrected chi connectivity index (χ0v) is 10.1. The molecule has 1 saturated heterocycles. The lowest BCUT2D eigenvalue weighted by Gasteiger charge is -2.24. The van der Waals surface area contributed by atoms with Crippen molar-refractivity contribution in [1.29, 1.82) is 0 Å². The molecular weight excluding hydrogens is 210 g/mol. The van der Waals surface area contributed by atoms with Gasteiger partial charge in [0.05, 0.1) is 7.11 Å². The molecule has 0 aromatic rings. The Morgan fingerprint density at radius 3 is 2.62 bits per heavy atom. The number of carbonyl (C=O) groups excluding carboxylic acids is 2. The maximum atomic E-state index is 12.0. The first kappa shape index (κ1) is 13.0. The highest BCUT2D eigenvalue weighted by Gasteiger charge is 2.34. The van der Waals surface area contributed by atoms with Crippen LogP contribution in [0.2, 0.25) is 0 Å². The molecule has 0 aromatic heterocycles. The number of rotatable bonds is 4. The molecule has 5 heteroatoms. The number of nitrogens with zero attached hydrogens (tertiary/aromatic N) is 1. The van der Waals surface area contributed by atoms with Gasteiger partial charge in [0.1, 0.15) is 12.6 Å². The molecule has 16 heavy (non-hydrogen) atoms. The zero-order valence-electron chi connectivity index (χ0n) is 10.1. The van der Waals surface area contributed by atoms with Crippen LogP contribution in [0.25, 0.3) is 0 Å². The van der Waals surface area contributed by atoms with E-state index in [1.165, 1.54) is 12.0 Å². The van der Waals surface area contributed by atoms with Gasteiger partial charge in [-0.1, -0.05) is 6.92 Å². The number of amides is 1. The third-order valence-electron chi connectivity index (χ3n) is 2.87. The number of carbonyl (C=O) groups is 2. The molecule has 0 bridgehead atoms. The fraction of sp³-hybridized carbons (Fsp3) is 0.818. The van der Waals surface area contributed by atoms with E-state index in [0.717, 1.165) is 6.42 Å². The summed E-state index contributed by atoms with van der Waals surface area (Å²) < 4.78 is 9.93. The monoisotopic (exact) mass is 229 g/mol. The molecule has 1 heterocycles. The van der Waals surface area contributed by atoms with Gasteiger partial charge < -0.3 is 14.4 Å². The summed E-state index contributed by atoms with van der Waals surface area (Å²) in [6.45, 7) is 4.92. The molecule has 0 N–H and O–H groups in total. The molecule has 0 aliphatic carbocycles. The van der Waals surface area contributed by atoms with Crippen LogP contribution in [0.5, 0.6) is 0 Å². The molecular formula is C11H19NO4. The molecule has 0 saturated carbocycles. The smallest absolute Gasteiger partial charge is 0.325 e. The normalized spacial score (nSPS) is 24.2. The minimum Gasteiger partial charge on any atom is -0.468 e. The highest BCUT2D eigenvalue weighted by atomic mass is 16.5. The molecule has 1 aliphatic heterocycles. The Labute approximate surface area is 95.7 Å². The van der Waals surface area contributed by atoms with E-state index in [4.69, 9.17) is 4.74 Å².